The molecule has 1 aliphatic heterocycles. The van der Waals surface area contributed by atoms with Crippen LogP contribution in [0.25, 0.3) is 0 Å². The Hall–Kier alpha value is -0.763. The molecule has 0 N–H and O–H groups in total. The van der Waals surface area contributed by atoms with Crippen molar-refractivity contribution in [3.05, 3.63) is 29.3 Å². The monoisotopic (exact) mass is 262 g/mol. The van der Waals surface area contributed by atoms with Crippen LogP contribution in [0.5, 0.6) is 5.75 Å². The van der Waals surface area contributed by atoms with Crippen molar-refractivity contribution in [3.8, 4) is 5.75 Å². The predicted molar refractivity (Wildman–Crippen MR) is 81.4 cm³/mol. The molecular weight excluding hydrogens is 236 g/mol. The normalized spacial score (nSPS) is 19.6. The van der Waals surface area contributed by atoms with Crippen LogP contribution in [-0.2, 0) is 11.8 Å². The zero-order valence-corrected chi connectivity index (χ0v) is 13.6. The molecule has 0 saturated carbocycles. The standard InChI is InChI=1S/C16H26OSi/c1-16(2,3)13-7-8-15-12(9-13)10-14(17-15)11-18(4,5)6/h7-9,14H,10-11H2,1-6H3/t14-/m1/s1. The summed E-state index contributed by atoms with van der Waals surface area (Å²) in [5, 5.41) is 0. The van der Waals surface area contributed by atoms with E-state index in [1.165, 1.54) is 17.2 Å². The van der Waals surface area contributed by atoms with Crippen molar-refractivity contribution in [2.75, 3.05) is 0 Å². The highest BCUT2D eigenvalue weighted by Crippen LogP contribution is 2.35. The van der Waals surface area contributed by atoms with Gasteiger partial charge in [-0.1, -0.05) is 52.5 Å². The maximum Gasteiger partial charge on any atom is 0.123 e. The van der Waals surface area contributed by atoms with Crippen molar-refractivity contribution in [3.63, 3.8) is 0 Å². The number of rotatable bonds is 2. The van der Waals surface area contributed by atoms with Crippen LogP contribution in [0, 0.1) is 0 Å². The van der Waals surface area contributed by atoms with Crippen LogP contribution in [0.4, 0.5) is 0 Å². The van der Waals surface area contributed by atoms with E-state index in [1.54, 1.807) is 0 Å². The maximum absolute atomic E-state index is 6.09. The lowest BCUT2D eigenvalue weighted by molar-refractivity contribution is 0.252. The van der Waals surface area contributed by atoms with Gasteiger partial charge in [0.1, 0.15) is 11.9 Å². The molecule has 1 heterocycles. The average molecular weight is 262 g/mol. The minimum atomic E-state index is -1.04. The van der Waals surface area contributed by atoms with Crippen molar-refractivity contribution < 1.29 is 4.74 Å². The van der Waals surface area contributed by atoms with Gasteiger partial charge in [0.2, 0.25) is 0 Å². The summed E-state index contributed by atoms with van der Waals surface area (Å²) in [6.07, 6.45) is 1.52. The van der Waals surface area contributed by atoms with Crippen molar-refractivity contribution in [1.29, 1.82) is 0 Å². The van der Waals surface area contributed by atoms with Gasteiger partial charge < -0.3 is 4.74 Å². The van der Waals surface area contributed by atoms with Gasteiger partial charge in [-0.2, -0.15) is 0 Å². The summed E-state index contributed by atoms with van der Waals surface area (Å²) in [6.45, 7) is 14.1. The van der Waals surface area contributed by atoms with Crippen molar-refractivity contribution >= 4 is 8.07 Å². The SMILES string of the molecule is CC(C)(C)c1ccc2c(c1)C[C@H](C[Si](C)(C)C)O2. The summed E-state index contributed by atoms with van der Waals surface area (Å²) in [5.74, 6) is 1.12. The van der Waals surface area contributed by atoms with Crippen LogP contribution in [0.3, 0.4) is 0 Å². The first-order valence-corrected chi connectivity index (χ1v) is 10.7. The fraction of sp³-hybridized carbons (Fsp3) is 0.625. The van der Waals surface area contributed by atoms with E-state index in [9.17, 15) is 0 Å². The van der Waals surface area contributed by atoms with Crippen LogP contribution in [0.2, 0.25) is 25.7 Å². The summed E-state index contributed by atoms with van der Waals surface area (Å²) < 4.78 is 6.09. The van der Waals surface area contributed by atoms with Gasteiger partial charge in [-0.3, -0.25) is 0 Å². The lowest BCUT2D eigenvalue weighted by Gasteiger charge is -2.20. The van der Waals surface area contributed by atoms with E-state index in [4.69, 9.17) is 4.74 Å². The summed E-state index contributed by atoms with van der Waals surface area (Å²) in [4.78, 5) is 0. The Morgan fingerprint density at radius 3 is 2.44 bits per heavy atom. The van der Waals surface area contributed by atoms with Gasteiger partial charge >= 0.3 is 0 Å². The molecule has 18 heavy (non-hydrogen) atoms. The molecule has 0 unspecified atom stereocenters. The second kappa shape index (κ2) is 4.41. The van der Waals surface area contributed by atoms with Gasteiger partial charge in [0.05, 0.1) is 0 Å². The molecular formula is C16H26OSi. The molecule has 1 aromatic carbocycles. The van der Waals surface area contributed by atoms with E-state index in [0.717, 1.165) is 12.2 Å². The van der Waals surface area contributed by atoms with Gasteiger partial charge in [0, 0.05) is 14.5 Å². The molecule has 1 aliphatic rings. The fourth-order valence-corrected chi connectivity index (χ4v) is 4.18. The van der Waals surface area contributed by atoms with Gasteiger partial charge in [-0.15, -0.1) is 0 Å². The molecule has 0 fully saturated rings. The van der Waals surface area contributed by atoms with Crippen molar-refractivity contribution in [2.45, 2.75) is 64.4 Å². The Morgan fingerprint density at radius 1 is 1.22 bits per heavy atom. The van der Waals surface area contributed by atoms with Crippen molar-refractivity contribution in [1.82, 2.24) is 0 Å². The average Bonchev–Trinajstić information content (AvgIpc) is 2.53. The summed E-state index contributed by atoms with van der Waals surface area (Å²) in [5.41, 5.74) is 3.05. The molecule has 0 bridgehead atoms. The molecule has 100 valence electrons. The quantitative estimate of drug-likeness (QED) is 0.706. The summed E-state index contributed by atoms with van der Waals surface area (Å²) in [7, 11) is -1.04. The third kappa shape index (κ3) is 3.17. The summed E-state index contributed by atoms with van der Waals surface area (Å²) in [6, 6.07) is 7.99. The molecule has 0 amide bonds. The van der Waals surface area contributed by atoms with Crippen LogP contribution in [0.1, 0.15) is 31.9 Å². The second-order valence-electron chi connectivity index (χ2n) is 7.78. The van der Waals surface area contributed by atoms with E-state index >= 15 is 0 Å². The number of benzene rings is 1. The predicted octanol–water partition coefficient (Wildman–Crippen LogP) is 4.63. The Bertz CT molecular complexity index is 437. The van der Waals surface area contributed by atoms with E-state index in [2.05, 4.69) is 58.6 Å². The lowest BCUT2D eigenvalue weighted by atomic mass is 9.86. The molecule has 0 spiro atoms. The molecule has 0 radical (unpaired) electrons. The Morgan fingerprint density at radius 2 is 1.89 bits per heavy atom. The number of fused-ring (bicyclic) bond motifs is 1. The first kappa shape index (κ1) is 13.7. The number of hydrogen-bond acceptors (Lipinski definition) is 1. The van der Waals surface area contributed by atoms with Gasteiger partial charge in [0.25, 0.3) is 0 Å². The van der Waals surface area contributed by atoms with Gasteiger partial charge in [-0.25, -0.2) is 0 Å². The molecule has 2 rings (SSSR count). The molecule has 1 atom stereocenters. The first-order valence-electron chi connectivity index (χ1n) is 6.95. The van der Waals surface area contributed by atoms with E-state index in [1.807, 2.05) is 0 Å². The molecule has 0 saturated heterocycles. The molecule has 0 aliphatic carbocycles. The van der Waals surface area contributed by atoms with E-state index in [-0.39, 0.29) is 5.41 Å². The van der Waals surface area contributed by atoms with Gasteiger partial charge in [0.15, 0.2) is 0 Å². The van der Waals surface area contributed by atoms with Crippen LogP contribution >= 0.6 is 0 Å². The largest absolute Gasteiger partial charge is 0.490 e. The molecule has 1 nitrogen and oxygen atoms in total. The third-order valence-electron chi connectivity index (χ3n) is 3.51. The Labute approximate surface area is 113 Å². The van der Waals surface area contributed by atoms with Gasteiger partial charge in [-0.05, 0) is 28.7 Å². The molecule has 2 heteroatoms. The Balaban J connectivity index is 2.16. The highest BCUT2D eigenvalue weighted by atomic mass is 28.3. The fourth-order valence-electron chi connectivity index (χ4n) is 2.58. The number of hydrogen-bond donors (Lipinski definition) is 0. The lowest BCUT2D eigenvalue weighted by Crippen LogP contribution is -2.29. The van der Waals surface area contributed by atoms with Crippen LogP contribution in [0.15, 0.2) is 18.2 Å². The van der Waals surface area contributed by atoms with Crippen LogP contribution in [-0.4, -0.2) is 14.2 Å². The Kier molecular flexibility index (Phi) is 3.35. The molecule has 1 aromatic rings. The maximum atomic E-state index is 6.09. The minimum Gasteiger partial charge on any atom is -0.490 e. The first-order chi connectivity index (χ1) is 8.15. The zero-order chi connectivity index (χ0) is 13.6. The highest BCUT2D eigenvalue weighted by molar-refractivity contribution is 6.76. The minimum absolute atomic E-state index is 0.228. The van der Waals surface area contributed by atoms with E-state index in [0.29, 0.717) is 6.10 Å². The third-order valence-corrected chi connectivity index (χ3v) is 5.19. The second-order valence-corrected chi connectivity index (χ2v) is 13.3. The molecule has 0 aromatic heterocycles. The van der Waals surface area contributed by atoms with E-state index < -0.39 is 8.07 Å². The zero-order valence-electron chi connectivity index (χ0n) is 12.6. The highest BCUT2D eigenvalue weighted by Gasteiger charge is 2.29. The van der Waals surface area contributed by atoms with Crippen LogP contribution < -0.4 is 4.74 Å². The summed E-state index contributed by atoms with van der Waals surface area (Å²) >= 11 is 0. The van der Waals surface area contributed by atoms with Crippen molar-refractivity contribution in [2.24, 2.45) is 0 Å². The topological polar surface area (TPSA) is 9.23 Å². The smallest absolute Gasteiger partial charge is 0.123 e. The number of ether oxygens (including phenoxy) is 1.